The molecule has 1 aliphatic heterocycles. The average molecular weight is 510 g/mol. The Morgan fingerprint density at radius 3 is 2.57 bits per heavy atom. The molecule has 0 radical (unpaired) electrons. The lowest BCUT2D eigenvalue weighted by atomic mass is 10.0. The number of hydrogen-bond acceptors (Lipinski definition) is 6. The van der Waals surface area contributed by atoms with E-state index in [9.17, 15) is 19.2 Å². The Bertz CT molecular complexity index is 1090. The molecule has 37 heavy (non-hydrogen) atoms. The van der Waals surface area contributed by atoms with Crippen molar-refractivity contribution in [3.05, 3.63) is 59.9 Å². The van der Waals surface area contributed by atoms with Gasteiger partial charge in [0.25, 0.3) is 5.91 Å². The van der Waals surface area contributed by atoms with Gasteiger partial charge in [0, 0.05) is 31.3 Å². The van der Waals surface area contributed by atoms with Crippen molar-refractivity contribution in [3.8, 4) is 5.75 Å². The maximum absolute atomic E-state index is 13.2. The maximum Gasteiger partial charge on any atom is 0.255 e. The van der Waals surface area contributed by atoms with Crippen LogP contribution < -0.4 is 26.0 Å². The summed E-state index contributed by atoms with van der Waals surface area (Å²) in [6.07, 6.45) is 2.20. The summed E-state index contributed by atoms with van der Waals surface area (Å²) in [7, 11) is 0. The van der Waals surface area contributed by atoms with Crippen LogP contribution in [0.4, 0.5) is 0 Å². The van der Waals surface area contributed by atoms with Crippen LogP contribution in [0.25, 0.3) is 0 Å². The summed E-state index contributed by atoms with van der Waals surface area (Å²) in [4.78, 5) is 56.0. The maximum atomic E-state index is 13.2. The van der Waals surface area contributed by atoms with Crippen LogP contribution in [-0.4, -0.2) is 59.9 Å². The van der Waals surface area contributed by atoms with Crippen molar-refractivity contribution in [2.24, 2.45) is 5.92 Å². The predicted molar refractivity (Wildman–Crippen MR) is 138 cm³/mol. The smallest absolute Gasteiger partial charge is 0.255 e. The van der Waals surface area contributed by atoms with Gasteiger partial charge in [-0.1, -0.05) is 32.0 Å². The van der Waals surface area contributed by atoms with E-state index >= 15 is 0 Å². The van der Waals surface area contributed by atoms with Gasteiger partial charge in [0.05, 0.1) is 11.6 Å². The summed E-state index contributed by atoms with van der Waals surface area (Å²) in [6, 6.07) is 10.2. The number of amides is 4. The van der Waals surface area contributed by atoms with E-state index < -0.39 is 23.9 Å². The Kier molecular flexibility index (Phi) is 10.00. The molecule has 0 fully saturated rings. The summed E-state index contributed by atoms with van der Waals surface area (Å²) in [5, 5.41) is 11.2. The molecule has 10 heteroatoms. The highest BCUT2D eigenvalue weighted by Crippen LogP contribution is 2.19. The molecule has 2 aromatic rings. The lowest BCUT2D eigenvalue weighted by Crippen LogP contribution is -2.52. The predicted octanol–water partition coefficient (Wildman–Crippen LogP) is 1.36. The molecule has 10 nitrogen and oxygen atoms in total. The first-order valence-corrected chi connectivity index (χ1v) is 12.5. The molecule has 198 valence electrons. The van der Waals surface area contributed by atoms with Gasteiger partial charge in [-0.15, -0.1) is 0 Å². The minimum atomic E-state index is -0.967. The highest BCUT2D eigenvalue weighted by molar-refractivity contribution is 5.99. The van der Waals surface area contributed by atoms with Crippen molar-refractivity contribution < 1.29 is 23.9 Å². The van der Waals surface area contributed by atoms with E-state index in [1.807, 2.05) is 32.0 Å². The fourth-order valence-corrected chi connectivity index (χ4v) is 3.91. The number of pyridine rings is 1. The van der Waals surface area contributed by atoms with Crippen molar-refractivity contribution in [3.63, 3.8) is 0 Å². The van der Waals surface area contributed by atoms with Crippen LogP contribution in [0.3, 0.4) is 0 Å². The summed E-state index contributed by atoms with van der Waals surface area (Å²) < 4.78 is 5.85. The summed E-state index contributed by atoms with van der Waals surface area (Å²) in [5.74, 6) is -1.42. The van der Waals surface area contributed by atoms with Gasteiger partial charge in [-0.25, -0.2) is 0 Å². The van der Waals surface area contributed by atoms with Crippen molar-refractivity contribution in [2.75, 3.05) is 13.2 Å². The molecule has 2 heterocycles. The van der Waals surface area contributed by atoms with Gasteiger partial charge in [0.1, 0.15) is 24.4 Å². The Morgan fingerprint density at radius 1 is 1.08 bits per heavy atom. The molecule has 0 saturated carbocycles. The van der Waals surface area contributed by atoms with E-state index in [2.05, 4.69) is 26.3 Å². The minimum Gasteiger partial charge on any atom is -0.491 e. The Balaban J connectivity index is 1.79. The third kappa shape index (κ3) is 8.30. The molecular formula is C27H35N5O5. The molecule has 1 aromatic carbocycles. The molecule has 1 aromatic heterocycles. The fourth-order valence-electron chi connectivity index (χ4n) is 3.91. The Morgan fingerprint density at radius 2 is 1.84 bits per heavy atom. The second kappa shape index (κ2) is 13.4. The van der Waals surface area contributed by atoms with Crippen LogP contribution >= 0.6 is 0 Å². The van der Waals surface area contributed by atoms with Crippen molar-refractivity contribution in [1.29, 1.82) is 0 Å². The lowest BCUT2D eigenvalue weighted by Gasteiger charge is -2.24. The van der Waals surface area contributed by atoms with Crippen molar-refractivity contribution in [1.82, 2.24) is 26.3 Å². The normalized spacial score (nSPS) is 21.3. The summed E-state index contributed by atoms with van der Waals surface area (Å²) in [6.45, 7) is 5.90. The topological polar surface area (TPSA) is 139 Å². The van der Waals surface area contributed by atoms with E-state index in [1.54, 1.807) is 37.4 Å². The van der Waals surface area contributed by atoms with E-state index in [1.165, 1.54) is 0 Å². The van der Waals surface area contributed by atoms with E-state index in [0.29, 0.717) is 18.7 Å². The zero-order valence-electron chi connectivity index (χ0n) is 21.5. The van der Waals surface area contributed by atoms with Crippen LogP contribution in [0.5, 0.6) is 5.75 Å². The average Bonchev–Trinajstić information content (AvgIpc) is 2.88. The summed E-state index contributed by atoms with van der Waals surface area (Å²) >= 11 is 0. The zero-order valence-corrected chi connectivity index (χ0v) is 21.5. The number of para-hydroxylation sites is 1. The standard InChI is InChI=1S/C27H35N5O5/c1-17(2)24-27(36)30-18(3)16-37-22-10-5-4-9-20(22)25(34)31-21(11-12-23(33)32-24)26(35)29-15-13-19-8-6-7-14-28-19/h4-10,14,17-18,21,24H,11-13,15-16H2,1-3H3,(H,29,35)(H,30,36)(H,31,34)(H,32,33)/t18-,21-,24+/m0/s1. The largest absolute Gasteiger partial charge is 0.491 e. The van der Waals surface area contributed by atoms with E-state index in [4.69, 9.17) is 4.74 Å². The van der Waals surface area contributed by atoms with Gasteiger partial charge in [-0.05, 0) is 43.5 Å². The first kappa shape index (κ1) is 27.6. The Labute approximate surface area is 217 Å². The monoisotopic (exact) mass is 509 g/mol. The van der Waals surface area contributed by atoms with Crippen LogP contribution in [0.2, 0.25) is 0 Å². The molecule has 0 aliphatic carbocycles. The second-order valence-corrected chi connectivity index (χ2v) is 9.43. The SMILES string of the molecule is CC(C)[C@H]1NC(=O)CC[C@@H](C(=O)NCCc2ccccn2)NC(=O)c2ccccc2OC[C@H](C)NC1=O. The molecule has 4 amide bonds. The number of aromatic nitrogens is 1. The number of rotatable bonds is 5. The molecule has 3 atom stereocenters. The number of benzene rings is 1. The van der Waals surface area contributed by atoms with Crippen LogP contribution in [0.1, 0.15) is 49.7 Å². The van der Waals surface area contributed by atoms with Gasteiger partial charge >= 0.3 is 0 Å². The molecule has 3 rings (SSSR count). The van der Waals surface area contributed by atoms with Crippen LogP contribution in [0.15, 0.2) is 48.7 Å². The third-order valence-electron chi connectivity index (χ3n) is 5.96. The van der Waals surface area contributed by atoms with E-state index in [0.717, 1.165) is 5.69 Å². The van der Waals surface area contributed by atoms with Crippen molar-refractivity contribution in [2.45, 2.75) is 58.2 Å². The van der Waals surface area contributed by atoms with Crippen molar-refractivity contribution >= 4 is 23.6 Å². The number of ether oxygens (including phenoxy) is 1. The van der Waals surface area contributed by atoms with Gasteiger partial charge in [0.15, 0.2) is 0 Å². The number of fused-ring (bicyclic) bond motifs is 1. The third-order valence-corrected chi connectivity index (χ3v) is 5.96. The van der Waals surface area contributed by atoms with Crippen LogP contribution in [-0.2, 0) is 20.8 Å². The lowest BCUT2D eigenvalue weighted by molar-refractivity contribution is -0.131. The minimum absolute atomic E-state index is 0.0528. The molecule has 4 N–H and O–H groups in total. The first-order chi connectivity index (χ1) is 17.7. The number of nitrogens with zero attached hydrogens (tertiary/aromatic N) is 1. The quantitative estimate of drug-likeness (QED) is 0.480. The van der Waals surface area contributed by atoms with Crippen LogP contribution in [0, 0.1) is 5.92 Å². The van der Waals surface area contributed by atoms with Gasteiger partial charge in [-0.3, -0.25) is 24.2 Å². The zero-order chi connectivity index (χ0) is 26.8. The first-order valence-electron chi connectivity index (χ1n) is 12.5. The molecule has 1 aliphatic rings. The number of carbonyl (C=O) groups excluding carboxylic acids is 4. The van der Waals surface area contributed by atoms with Gasteiger partial charge in [-0.2, -0.15) is 0 Å². The molecule has 0 bridgehead atoms. The highest BCUT2D eigenvalue weighted by Gasteiger charge is 2.28. The van der Waals surface area contributed by atoms with Gasteiger partial charge in [0.2, 0.25) is 17.7 Å². The molecule has 0 saturated heterocycles. The summed E-state index contributed by atoms with van der Waals surface area (Å²) in [5.41, 5.74) is 1.08. The van der Waals surface area contributed by atoms with Gasteiger partial charge < -0.3 is 26.0 Å². The van der Waals surface area contributed by atoms with E-state index in [-0.39, 0.29) is 48.8 Å². The number of hydrogen-bond donors (Lipinski definition) is 4. The highest BCUT2D eigenvalue weighted by atomic mass is 16.5. The molecular weight excluding hydrogens is 474 g/mol. The second-order valence-electron chi connectivity index (χ2n) is 9.43. The number of carbonyl (C=O) groups is 4. The number of nitrogens with one attached hydrogen (secondary N) is 4. The molecule has 0 unspecified atom stereocenters. The molecule has 0 spiro atoms. The fraction of sp³-hybridized carbons (Fsp3) is 0.444. The Hall–Kier alpha value is -3.95.